The Morgan fingerprint density at radius 1 is 1.48 bits per heavy atom. The Bertz CT molecular complexity index is 522. The summed E-state index contributed by atoms with van der Waals surface area (Å²) in [6.07, 6.45) is 1.76. The van der Waals surface area contributed by atoms with Gasteiger partial charge in [0.2, 0.25) is 0 Å². The standard InChI is InChI=1S/C14H18BrFN2O2S/c15-12-10(14(17)21)1-2-11(13(12)16)18-5-3-9(4-6-18)20-8-7-19/h1-2,9,19H,3-8H2,(H2,17,21). The van der Waals surface area contributed by atoms with E-state index >= 15 is 0 Å². The molecule has 3 N–H and O–H groups in total. The zero-order valence-corrected chi connectivity index (χ0v) is 13.9. The van der Waals surface area contributed by atoms with Crippen LogP contribution in [-0.4, -0.2) is 42.5 Å². The molecule has 0 saturated carbocycles. The molecule has 1 aromatic rings. The molecular formula is C14H18BrFN2O2S. The largest absolute Gasteiger partial charge is 0.394 e. The van der Waals surface area contributed by atoms with Gasteiger partial charge in [-0.15, -0.1) is 0 Å². The van der Waals surface area contributed by atoms with Crippen LogP contribution in [0, 0.1) is 5.82 Å². The van der Waals surface area contributed by atoms with Crippen molar-refractivity contribution in [1.29, 1.82) is 0 Å². The summed E-state index contributed by atoms with van der Waals surface area (Å²) >= 11 is 8.12. The zero-order valence-electron chi connectivity index (χ0n) is 11.5. The second-order valence-corrected chi connectivity index (χ2v) is 6.14. The molecule has 1 aliphatic rings. The van der Waals surface area contributed by atoms with E-state index < -0.39 is 0 Å². The van der Waals surface area contributed by atoms with Gasteiger partial charge in [0.05, 0.1) is 29.5 Å². The highest BCUT2D eigenvalue weighted by molar-refractivity contribution is 9.10. The van der Waals surface area contributed by atoms with E-state index in [2.05, 4.69) is 15.9 Å². The number of nitrogens with zero attached hydrogens (tertiary/aromatic N) is 1. The van der Waals surface area contributed by atoms with Crippen molar-refractivity contribution in [1.82, 2.24) is 0 Å². The third-order valence-electron chi connectivity index (χ3n) is 3.55. The quantitative estimate of drug-likeness (QED) is 0.771. The van der Waals surface area contributed by atoms with E-state index in [4.69, 9.17) is 27.8 Å². The molecule has 1 aromatic carbocycles. The van der Waals surface area contributed by atoms with Gasteiger partial charge in [-0.3, -0.25) is 0 Å². The summed E-state index contributed by atoms with van der Waals surface area (Å²) in [5.41, 5.74) is 6.61. The van der Waals surface area contributed by atoms with Crippen LogP contribution in [-0.2, 0) is 4.74 Å². The fraction of sp³-hybridized carbons (Fsp3) is 0.500. The van der Waals surface area contributed by atoms with E-state index in [-0.39, 0.29) is 23.5 Å². The first-order valence-corrected chi connectivity index (χ1v) is 8.00. The lowest BCUT2D eigenvalue weighted by Gasteiger charge is -2.34. The number of anilines is 1. The number of halogens is 2. The van der Waals surface area contributed by atoms with Gasteiger partial charge in [0.1, 0.15) is 4.99 Å². The number of aliphatic hydroxyl groups is 1. The molecule has 0 aliphatic carbocycles. The number of nitrogens with two attached hydrogens (primary N) is 1. The Labute approximate surface area is 137 Å². The summed E-state index contributed by atoms with van der Waals surface area (Å²) < 4.78 is 20.3. The van der Waals surface area contributed by atoms with Crippen LogP contribution in [0.1, 0.15) is 18.4 Å². The molecule has 2 rings (SSSR count). The van der Waals surface area contributed by atoms with Crippen LogP contribution in [0.5, 0.6) is 0 Å². The van der Waals surface area contributed by atoms with E-state index in [1.54, 1.807) is 12.1 Å². The Hall–Kier alpha value is -0.760. The van der Waals surface area contributed by atoms with E-state index in [9.17, 15) is 4.39 Å². The molecule has 0 bridgehead atoms. The van der Waals surface area contributed by atoms with Crippen molar-refractivity contribution in [3.05, 3.63) is 28.0 Å². The van der Waals surface area contributed by atoms with Crippen LogP contribution < -0.4 is 10.6 Å². The first-order chi connectivity index (χ1) is 10.0. The highest BCUT2D eigenvalue weighted by Gasteiger charge is 2.23. The predicted molar refractivity (Wildman–Crippen MR) is 88.3 cm³/mol. The molecule has 0 amide bonds. The summed E-state index contributed by atoms with van der Waals surface area (Å²) in [4.78, 5) is 2.16. The molecule has 1 aliphatic heterocycles. The Morgan fingerprint density at radius 3 is 2.71 bits per heavy atom. The second kappa shape index (κ2) is 7.49. The number of thiocarbonyl (C=S) groups is 1. The molecule has 0 atom stereocenters. The van der Waals surface area contributed by atoms with Crippen LogP contribution in [0.3, 0.4) is 0 Å². The predicted octanol–water partition coefficient (Wildman–Crippen LogP) is 2.20. The zero-order chi connectivity index (χ0) is 15.4. The summed E-state index contributed by atoms with van der Waals surface area (Å²) in [6.45, 7) is 1.81. The lowest BCUT2D eigenvalue weighted by atomic mass is 10.1. The summed E-state index contributed by atoms with van der Waals surface area (Å²) in [7, 11) is 0. The van der Waals surface area contributed by atoms with Crippen molar-refractivity contribution in [3.63, 3.8) is 0 Å². The number of hydrogen-bond acceptors (Lipinski definition) is 4. The maximum Gasteiger partial charge on any atom is 0.161 e. The van der Waals surface area contributed by atoms with Gasteiger partial charge in [0.25, 0.3) is 0 Å². The minimum Gasteiger partial charge on any atom is -0.394 e. The minimum atomic E-state index is -0.338. The number of benzene rings is 1. The van der Waals surface area contributed by atoms with Gasteiger partial charge in [-0.25, -0.2) is 4.39 Å². The molecule has 0 unspecified atom stereocenters. The van der Waals surface area contributed by atoms with Crippen molar-refractivity contribution < 1.29 is 14.2 Å². The molecule has 21 heavy (non-hydrogen) atoms. The Balaban J connectivity index is 2.07. The van der Waals surface area contributed by atoms with Crippen LogP contribution in [0.25, 0.3) is 0 Å². The van der Waals surface area contributed by atoms with Crippen LogP contribution in [0.4, 0.5) is 10.1 Å². The maximum atomic E-state index is 14.4. The Kier molecular flexibility index (Phi) is 5.92. The van der Waals surface area contributed by atoms with Crippen molar-refractivity contribution in [2.45, 2.75) is 18.9 Å². The third-order valence-corrected chi connectivity index (χ3v) is 4.55. The molecule has 7 heteroatoms. The smallest absolute Gasteiger partial charge is 0.161 e. The summed E-state index contributed by atoms with van der Waals surface area (Å²) in [5.74, 6) is -0.338. The van der Waals surface area contributed by atoms with Crippen LogP contribution >= 0.6 is 28.1 Å². The molecule has 0 radical (unpaired) electrons. The highest BCUT2D eigenvalue weighted by Crippen LogP contribution is 2.31. The van der Waals surface area contributed by atoms with E-state index in [0.29, 0.717) is 35.4 Å². The van der Waals surface area contributed by atoms with Gasteiger partial charge in [0, 0.05) is 18.7 Å². The summed E-state index contributed by atoms with van der Waals surface area (Å²) in [5, 5.41) is 8.75. The summed E-state index contributed by atoms with van der Waals surface area (Å²) in [6, 6.07) is 3.45. The maximum absolute atomic E-state index is 14.4. The average Bonchev–Trinajstić information content (AvgIpc) is 2.48. The number of rotatable bonds is 5. The lowest BCUT2D eigenvalue weighted by molar-refractivity contribution is 0.0158. The molecule has 116 valence electrons. The van der Waals surface area contributed by atoms with Crippen LogP contribution in [0.2, 0.25) is 0 Å². The third kappa shape index (κ3) is 3.91. The van der Waals surface area contributed by atoms with Gasteiger partial charge in [-0.2, -0.15) is 0 Å². The molecule has 1 fully saturated rings. The number of aliphatic hydroxyl groups excluding tert-OH is 1. The molecule has 4 nitrogen and oxygen atoms in total. The number of piperidine rings is 1. The highest BCUT2D eigenvalue weighted by atomic mass is 79.9. The normalized spacial score (nSPS) is 16.2. The van der Waals surface area contributed by atoms with Crippen LogP contribution in [0.15, 0.2) is 16.6 Å². The molecule has 1 heterocycles. The van der Waals surface area contributed by atoms with E-state index in [1.165, 1.54) is 0 Å². The number of ether oxygens (including phenoxy) is 1. The Morgan fingerprint density at radius 2 is 2.14 bits per heavy atom. The fourth-order valence-corrected chi connectivity index (χ4v) is 3.31. The van der Waals surface area contributed by atoms with Crippen molar-refractivity contribution in [3.8, 4) is 0 Å². The monoisotopic (exact) mass is 376 g/mol. The van der Waals surface area contributed by atoms with Gasteiger partial charge in [-0.1, -0.05) is 12.2 Å². The first kappa shape index (κ1) is 16.6. The number of hydrogen-bond donors (Lipinski definition) is 2. The topological polar surface area (TPSA) is 58.7 Å². The second-order valence-electron chi connectivity index (χ2n) is 4.91. The van der Waals surface area contributed by atoms with E-state index in [0.717, 1.165) is 12.8 Å². The lowest BCUT2D eigenvalue weighted by Crippen LogP contribution is -2.38. The van der Waals surface area contributed by atoms with Crippen molar-refractivity contribution in [2.24, 2.45) is 5.73 Å². The van der Waals surface area contributed by atoms with Gasteiger partial charge >= 0.3 is 0 Å². The molecule has 0 aromatic heterocycles. The fourth-order valence-electron chi connectivity index (χ4n) is 2.46. The SMILES string of the molecule is NC(=S)c1ccc(N2CCC(OCCO)CC2)c(F)c1Br. The van der Waals surface area contributed by atoms with Gasteiger partial charge in [-0.05, 0) is 40.9 Å². The van der Waals surface area contributed by atoms with Gasteiger partial charge in [0.15, 0.2) is 5.82 Å². The van der Waals surface area contributed by atoms with E-state index in [1.807, 2.05) is 4.90 Å². The molecule has 0 spiro atoms. The molecular weight excluding hydrogens is 359 g/mol. The molecule has 1 saturated heterocycles. The minimum absolute atomic E-state index is 0.0300. The van der Waals surface area contributed by atoms with Crippen molar-refractivity contribution >= 4 is 38.8 Å². The first-order valence-electron chi connectivity index (χ1n) is 6.79. The van der Waals surface area contributed by atoms with Gasteiger partial charge < -0.3 is 20.5 Å². The average molecular weight is 377 g/mol. The van der Waals surface area contributed by atoms with Crippen molar-refractivity contribution in [2.75, 3.05) is 31.2 Å².